The number of rotatable bonds is 5. The molecule has 7 heteroatoms. The lowest BCUT2D eigenvalue weighted by molar-refractivity contribution is 0.0600. The van der Waals surface area contributed by atoms with Crippen LogP contribution in [0.3, 0.4) is 0 Å². The smallest absolute Gasteiger partial charge is 0.337 e. The number of esters is 1. The Morgan fingerprint density at radius 1 is 1.04 bits per heavy atom. The van der Waals surface area contributed by atoms with Crippen LogP contribution in [0.4, 0.5) is 0 Å². The molecule has 1 aromatic heterocycles. The first kappa shape index (κ1) is 17.3. The zero-order chi connectivity index (χ0) is 18.7. The summed E-state index contributed by atoms with van der Waals surface area (Å²) in [5, 5.41) is 0. The molecule has 0 aliphatic rings. The van der Waals surface area contributed by atoms with Crippen LogP contribution in [0.25, 0.3) is 11.0 Å². The number of aromatic nitrogens is 2. The van der Waals surface area contributed by atoms with Gasteiger partial charge in [0.25, 0.3) is 5.56 Å². The van der Waals surface area contributed by atoms with E-state index in [9.17, 15) is 14.4 Å². The Labute approximate surface area is 148 Å². The fourth-order valence-electron chi connectivity index (χ4n) is 2.52. The van der Waals surface area contributed by atoms with Gasteiger partial charge in [0.05, 0.1) is 37.2 Å². The van der Waals surface area contributed by atoms with Crippen LogP contribution in [0, 0.1) is 0 Å². The van der Waals surface area contributed by atoms with Gasteiger partial charge in [-0.25, -0.2) is 9.78 Å². The van der Waals surface area contributed by atoms with Gasteiger partial charge in [0, 0.05) is 5.56 Å². The monoisotopic (exact) mass is 352 g/mol. The maximum atomic E-state index is 12.4. The number of nitrogens with zero attached hydrogens (tertiary/aromatic N) is 1. The second-order valence-corrected chi connectivity index (χ2v) is 5.56. The van der Waals surface area contributed by atoms with E-state index < -0.39 is 11.5 Å². The highest BCUT2D eigenvalue weighted by atomic mass is 16.5. The summed E-state index contributed by atoms with van der Waals surface area (Å²) in [6, 6.07) is 11.3. The number of ketones is 1. The summed E-state index contributed by atoms with van der Waals surface area (Å²) in [6.45, 7) is 0. The molecule has 0 atom stereocenters. The van der Waals surface area contributed by atoms with E-state index in [1.807, 2.05) is 0 Å². The molecule has 132 valence electrons. The molecule has 3 rings (SSSR count). The van der Waals surface area contributed by atoms with Gasteiger partial charge in [-0.1, -0.05) is 0 Å². The van der Waals surface area contributed by atoms with Crippen LogP contribution in [0.2, 0.25) is 0 Å². The van der Waals surface area contributed by atoms with Gasteiger partial charge in [0.15, 0.2) is 5.78 Å². The highest BCUT2D eigenvalue weighted by Crippen LogP contribution is 2.14. The van der Waals surface area contributed by atoms with Crippen molar-refractivity contribution in [3.63, 3.8) is 0 Å². The number of methoxy groups -OCH3 is 2. The van der Waals surface area contributed by atoms with Crippen molar-refractivity contribution < 1.29 is 19.1 Å². The van der Waals surface area contributed by atoms with Crippen LogP contribution in [0.5, 0.6) is 5.75 Å². The third-order valence-corrected chi connectivity index (χ3v) is 3.92. The zero-order valence-corrected chi connectivity index (χ0v) is 14.2. The topological polar surface area (TPSA) is 98.3 Å². The van der Waals surface area contributed by atoms with Crippen LogP contribution in [0.1, 0.15) is 26.4 Å². The minimum atomic E-state index is -0.508. The third-order valence-electron chi connectivity index (χ3n) is 3.92. The molecule has 0 fully saturated rings. The maximum Gasteiger partial charge on any atom is 0.337 e. The highest BCUT2D eigenvalue weighted by Gasteiger charge is 2.14. The molecule has 7 nitrogen and oxygen atoms in total. The van der Waals surface area contributed by atoms with Crippen molar-refractivity contribution in [2.75, 3.05) is 14.2 Å². The number of aromatic amines is 1. The molecule has 0 aliphatic heterocycles. The molecule has 1 heterocycles. The van der Waals surface area contributed by atoms with E-state index in [0.29, 0.717) is 27.9 Å². The molecule has 0 spiro atoms. The van der Waals surface area contributed by atoms with Gasteiger partial charge in [-0.2, -0.15) is 0 Å². The summed E-state index contributed by atoms with van der Waals surface area (Å²) in [5.41, 5.74) is 1.30. The van der Waals surface area contributed by atoms with Gasteiger partial charge in [-0.05, 0) is 42.5 Å². The van der Waals surface area contributed by atoms with Gasteiger partial charge in [-0.15, -0.1) is 0 Å². The second-order valence-electron chi connectivity index (χ2n) is 5.56. The molecule has 0 saturated heterocycles. The SMILES string of the molecule is COC(=O)c1ccc2nc(CC(=O)c3ccc(OC)cc3)c(=O)[nH]c2c1. The third kappa shape index (κ3) is 3.46. The summed E-state index contributed by atoms with van der Waals surface area (Å²) >= 11 is 0. The van der Waals surface area contributed by atoms with Crippen LogP contribution < -0.4 is 10.3 Å². The fraction of sp³-hybridized carbons (Fsp3) is 0.158. The molecule has 0 aliphatic carbocycles. The predicted molar refractivity (Wildman–Crippen MR) is 94.7 cm³/mol. The first-order valence-electron chi connectivity index (χ1n) is 7.80. The molecule has 0 radical (unpaired) electrons. The molecule has 0 unspecified atom stereocenters. The normalized spacial score (nSPS) is 10.5. The fourth-order valence-corrected chi connectivity index (χ4v) is 2.52. The quantitative estimate of drug-likeness (QED) is 0.558. The van der Waals surface area contributed by atoms with E-state index in [1.165, 1.54) is 13.2 Å². The number of carbonyl (C=O) groups is 2. The Hall–Kier alpha value is -3.48. The predicted octanol–water partition coefficient (Wildman–Crippen LogP) is 2.14. The van der Waals surface area contributed by atoms with Gasteiger partial charge in [0.2, 0.25) is 0 Å². The van der Waals surface area contributed by atoms with Crippen molar-refractivity contribution in [3.05, 3.63) is 69.6 Å². The molecule has 1 N–H and O–H groups in total. The average molecular weight is 352 g/mol. The average Bonchev–Trinajstić information content (AvgIpc) is 2.67. The number of ether oxygens (including phenoxy) is 2. The standard InChI is InChI=1S/C19H16N2O5/c1-25-13-6-3-11(4-7-13)17(22)10-16-18(23)21-15-9-12(19(24)26-2)5-8-14(15)20-16/h3-9H,10H2,1-2H3,(H,21,23). The van der Waals surface area contributed by atoms with Crippen LogP contribution in [0.15, 0.2) is 47.3 Å². The number of benzene rings is 2. The lowest BCUT2D eigenvalue weighted by Gasteiger charge is -2.05. The minimum Gasteiger partial charge on any atom is -0.497 e. The molecular formula is C19H16N2O5. The molecule has 0 bridgehead atoms. The Morgan fingerprint density at radius 2 is 1.73 bits per heavy atom. The van der Waals surface area contributed by atoms with Gasteiger partial charge in [0.1, 0.15) is 11.4 Å². The van der Waals surface area contributed by atoms with Gasteiger partial charge in [-0.3, -0.25) is 9.59 Å². The Morgan fingerprint density at radius 3 is 2.38 bits per heavy atom. The van der Waals surface area contributed by atoms with Crippen molar-refractivity contribution in [2.45, 2.75) is 6.42 Å². The summed E-state index contributed by atoms with van der Waals surface area (Å²) in [4.78, 5) is 43.1. The van der Waals surface area contributed by atoms with Crippen molar-refractivity contribution in [1.29, 1.82) is 0 Å². The van der Waals surface area contributed by atoms with Crippen molar-refractivity contribution in [3.8, 4) is 5.75 Å². The molecule has 3 aromatic rings. The number of Topliss-reactive ketones (excluding diaryl/α,β-unsaturated/α-hetero) is 1. The molecule has 0 amide bonds. The minimum absolute atomic E-state index is 0.115. The van der Waals surface area contributed by atoms with Crippen molar-refractivity contribution >= 4 is 22.8 Å². The lowest BCUT2D eigenvalue weighted by atomic mass is 10.1. The molecular weight excluding hydrogens is 336 g/mol. The number of nitrogens with one attached hydrogen (secondary N) is 1. The van der Waals surface area contributed by atoms with Crippen LogP contribution in [-0.2, 0) is 11.2 Å². The largest absolute Gasteiger partial charge is 0.497 e. The first-order valence-corrected chi connectivity index (χ1v) is 7.80. The van der Waals surface area contributed by atoms with Gasteiger partial charge >= 0.3 is 5.97 Å². The molecule has 2 aromatic carbocycles. The Bertz CT molecular complexity index is 1040. The Balaban J connectivity index is 1.90. The van der Waals surface area contributed by atoms with E-state index in [1.54, 1.807) is 43.5 Å². The summed E-state index contributed by atoms with van der Waals surface area (Å²) in [6.07, 6.45) is -0.129. The summed E-state index contributed by atoms with van der Waals surface area (Å²) in [7, 11) is 2.82. The number of H-pyrrole nitrogens is 1. The number of hydrogen-bond acceptors (Lipinski definition) is 6. The summed E-state index contributed by atoms with van der Waals surface area (Å²) < 4.78 is 9.71. The zero-order valence-electron chi connectivity index (χ0n) is 14.2. The molecule has 26 heavy (non-hydrogen) atoms. The van der Waals surface area contributed by atoms with Crippen molar-refractivity contribution in [2.24, 2.45) is 0 Å². The maximum absolute atomic E-state index is 12.4. The highest BCUT2D eigenvalue weighted by molar-refractivity contribution is 5.97. The van der Waals surface area contributed by atoms with E-state index in [0.717, 1.165) is 0 Å². The molecule has 0 saturated carbocycles. The number of carbonyl (C=O) groups excluding carboxylic acids is 2. The van der Waals surface area contributed by atoms with E-state index in [2.05, 4.69) is 14.7 Å². The van der Waals surface area contributed by atoms with E-state index >= 15 is 0 Å². The Kier molecular flexibility index (Phi) is 4.79. The van der Waals surface area contributed by atoms with Crippen molar-refractivity contribution in [1.82, 2.24) is 9.97 Å². The van der Waals surface area contributed by atoms with E-state index in [-0.39, 0.29) is 17.9 Å². The summed E-state index contributed by atoms with van der Waals surface area (Å²) in [5.74, 6) is -0.0904. The first-order chi connectivity index (χ1) is 12.5. The van der Waals surface area contributed by atoms with Crippen LogP contribution >= 0.6 is 0 Å². The number of hydrogen-bond donors (Lipinski definition) is 1. The number of fused-ring (bicyclic) bond motifs is 1. The van der Waals surface area contributed by atoms with E-state index in [4.69, 9.17) is 4.74 Å². The van der Waals surface area contributed by atoms with Gasteiger partial charge < -0.3 is 14.5 Å². The lowest BCUT2D eigenvalue weighted by Crippen LogP contribution is -2.19. The van der Waals surface area contributed by atoms with Crippen LogP contribution in [-0.4, -0.2) is 35.9 Å². The second kappa shape index (κ2) is 7.18.